The van der Waals surface area contributed by atoms with E-state index in [1.165, 1.54) is 0 Å². The summed E-state index contributed by atoms with van der Waals surface area (Å²) in [6.07, 6.45) is 0. The van der Waals surface area contributed by atoms with Gasteiger partial charge in [0.15, 0.2) is 5.75 Å². The predicted molar refractivity (Wildman–Crippen MR) is 50.6 cm³/mol. The summed E-state index contributed by atoms with van der Waals surface area (Å²) >= 11 is 0. The molecule has 0 bridgehead atoms. The van der Waals surface area contributed by atoms with Gasteiger partial charge in [0, 0.05) is 11.6 Å². The van der Waals surface area contributed by atoms with Crippen molar-refractivity contribution in [1.82, 2.24) is 0 Å². The molecular formula is C9H9F2NO4. The minimum atomic E-state index is -3.44. The summed E-state index contributed by atoms with van der Waals surface area (Å²) in [5, 5.41) is 19.0. The Balaban J connectivity index is 3.24. The molecule has 0 saturated heterocycles. The molecule has 0 amide bonds. The first-order chi connectivity index (χ1) is 7.42. The van der Waals surface area contributed by atoms with E-state index in [2.05, 4.69) is 4.74 Å². The summed E-state index contributed by atoms with van der Waals surface area (Å²) < 4.78 is 30.7. The predicted octanol–water partition coefficient (Wildman–Crippen LogP) is 1.69. The molecule has 0 radical (unpaired) electrons. The van der Waals surface area contributed by atoms with Gasteiger partial charge in [-0.25, -0.2) is 0 Å². The molecule has 0 atom stereocenters. The van der Waals surface area contributed by atoms with Crippen LogP contribution in [0.1, 0.15) is 5.56 Å². The molecule has 0 unspecified atom stereocenters. The average Bonchev–Trinajstić information content (AvgIpc) is 2.27. The lowest BCUT2D eigenvalue weighted by Crippen LogP contribution is -2.18. The average molecular weight is 233 g/mol. The number of hydrogen-bond donors (Lipinski definition) is 1. The number of methoxy groups -OCH3 is 1. The van der Waals surface area contributed by atoms with Crippen molar-refractivity contribution in [2.24, 2.45) is 0 Å². The van der Waals surface area contributed by atoms with Gasteiger partial charge in [-0.2, -0.15) is 8.78 Å². The maximum atomic E-state index is 13.1. The summed E-state index contributed by atoms with van der Waals surface area (Å²) in [5.74, 6) is -3.71. The molecule has 88 valence electrons. The fourth-order valence-electron chi connectivity index (χ4n) is 1.15. The third kappa shape index (κ3) is 2.25. The molecule has 1 aromatic carbocycles. The van der Waals surface area contributed by atoms with E-state index in [4.69, 9.17) is 5.11 Å². The highest BCUT2D eigenvalue weighted by Gasteiger charge is 2.32. The van der Waals surface area contributed by atoms with Crippen molar-refractivity contribution in [3.05, 3.63) is 33.9 Å². The minimum Gasteiger partial charge on any atom is -0.490 e. The van der Waals surface area contributed by atoms with E-state index < -0.39 is 28.7 Å². The molecule has 0 spiro atoms. The van der Waals surface area contributed by atoms with Crippen molar-refractivity contribution in [2.45, 2.75) is 5.92 Å². The first kappa shape index (κ1) is 12.3. The van der Waals surface area contributed by atoms with E-state index in [9.17, 15) is 18.9 Å². The molecular weight excluding hydrogens is 224 g/mol. The lowest BCUT2D eigenvalue weighted by atomic mass is 10.1. The summed E-state index contributed by atoms with van der Waals surface area (Å²) in [5.41, 5.74) is -0.933. The van der Waals surface area contributed by atoms with E-state index in [-0.39, 0.29) is 5.75 Å². The van der Waals surface area contributed by atoms with Gasteiger partial charge in [0.2, 0.25) is 0 Å². The van der Waals surface area contributed by atoms with Gasteiger partial charge in [-0.3, -0.25) is 10.1 Å². The Kier molecular flexibility index (Phi) is 3.38. The zero-order valence-electron chi connectivity index (χ0n) is 8.31. The third-order valence-corrected chi connectivity index (χ3v) is 2.00. The molecule has 1 rings (SSSR count). The van der Waals surface area contributed by atoms with Gasteiger partial charge in [-0.05, 0) is 12.1 Å². The van der Waals surface area contributed by atoms with Crippen molar-refractivity contribution in [1.29, 1.82) is 0 Å². The molecule has 0 heterocycles. The Bertz CT molecular complexity index is 408. The highest BCUT2D eigenvalue weighted by atomic mass is 19.3. The van der Waals surface area contributed by atoms with Crippen LogP contribution in [-0.2, 0) is 5.92 Å². The number of hydrogen-bond acceptors (Lipinski definition) is 4. The van der Waals surface area contributed by atoms with E-state index >= 15 is 0 Å². The second kappa shape index (κ2) is 4.40. The first-order valence-electron chi connectivity index (χ1n) is 4.24. The monoisotopic (exact) mass is 233 g/mol. The highest BCUT2D eigenvalue weighted by molar-refractivity contribution is 5.49. The Hall–Kier alpha value is -1.76. The van der Waals surface area contributed by atoms with Crippen LogP contribution in [0.4, 0.5) is 14.5 Å². The van der Waals surface area contributed by atoms with Crippen LogP contribution in [0, 0.1) is 10.1 Å². The molecule has 5 nitrogen and oxygen atoms in total. The molecule has 0 aliphatic heterocycles. The van der Waals surface area contributed by atoms with Crippen LogP contribution in [0.2, 0.25) is 0 Å². The maximum Gasteiger partial charge on any atom is 0.310 e. The summed E-state index contributed by atoms with van der Waals surface area (Å²) in [6, 6.07) is 2.64. The van der Waals surface area contributed by atoms with Crippen LogP contribution in [0.5, 0.6) is 5.75 Å². The van der Waals surface area contributed by atoms with Crippen molar-refractivity contribution >= 4 is 5.69 Å². The SMILES string of the molecule is COc1cc(C(F)(F)CO)ccc1[N+](=O)[O-]. The number of rotatable bonds is 4. The van der Waals surface area contributed by atoms with Crippen molar-refractivity contribution < 1.29 is 23.5 Å². The molecule has 1 aromatic rings. The molecule has 0 fully saturated rings. The maximum absolute atomic E-state index is 13.1. The van der Waals surface area contributed by atoms with Crippen molar-refractivity contribution in [3.8, 4) is 5.75 Å². The van der Waals surface area contributed by atoms with E-state index in [0.717, 1.165) is 25.3 Å². The van der Waals surface area contributed by atoms with Gasteiger partial charge in [-0.15, -0.1) is 0 Å². The fourth-order valence-corrected chi connectivity index (χ4v) is 1.15. The summed E-state index contributed by atoms with van der Waals surface area (Å²) in [4.78, 5) is 9.76. The number of halogens is 2. The summed E-state index contributed by atoms with van der Waals surface area (Å²) in [6.45, 7) is -1.37. The second-order valence-electron chi connectivity index (χ2n) is 3.01. The van der Waals surface area contributed by atoms with Crippen LogP contribution in [0.25, 0.3) is 0 Å². The number of alkyl halides is 2. The molecule has 1 N–H and O–H groups in total. The zero-order chi connectivity index (χ0) is 12.3. The Morgan fingerprint density at radius 1 is 1.56 bits per heavy atom. The van der Waals surface area contributed by atoms with Crippen molar-refractivity contribution in [3.63, 3.8) is 0 Å². The normalized spacial score (nSPS) is 11.2. The van der Waals surface area contributed by atoms with E-state index in [0.29, 0.717) is 0 Å². The standard InChI is InChI=1S/C9H9F2NO4/c1-16-8-4-6(9(10,11)5-13)2-3-7(8)12(14)15/h2-4,13H,5H2,1H3. The fraction of sp³-hybridized carbons (Fsp3) is 0.333. The van der Waals surface area contributed by atoms with Gasteiger partial charge in [0.05, 0.1) is 12.0 Å². The Labute approximate surface area is 89.4 Å². The number of aliphatic hydroxyl groups excluding tert-OH is 1. The topological polar surface area (TPSA) is 72.6 Å². The summed E-state index contributed by atoms with van der Waals surface area (Å²) in [7, 11) is 1.14. The van der Waals surface area contributed by atoms with Gasteiger partial charge >= 0.3 is 5.69 Å². The van der Waals surface area contributed by atoms with Crippen LogP contribution < -0.4 is 4.74 Å². The van der Waals surface area contributed by atoms with E-state index in [1.807, 2.05) is 0 Å². The number of nitrogens with zero attached hydrogens (tertiary/aromatic N) is 1. The van der Waals surface area contributed by atoms with Gasteiger partial charge in [-0.1, -0.05) is 0 Å². The number of benzene rings is 1. The first-order valence-corrected chi connectivity index (χ1v) is 4.24. The van der Waals surface area contributed by atoms with Crippen LogP contribution in [-0.4, -0.2) is 23.7 Å². The lowest BCUT2D eigenvalue weighted by molar-refractivity contribution is -0.385. The second-order valence-corrected chi connectivity index (χ2v) is 3.01. The number of aliphatic hydroxyl groups is 1. The number of nitro groups is 1. The largest absolute Gasteiger partial charge is 0.490 e. The van der Waals surface area contributed by atoms with Gasteiger partial charge in [0.25, 0.3) is 5.92 Å². The molecule has 7 heteroatoms. The molecule has 16 heavy (non-hydrogen) atoms. The Morgan fingerprint density at radius 2 is 2.19 bits per heavy atom. The van der Waals surface area contributed by atoms with Crippen LogP contribution >= 0.6 is 0 Å². The van der Waals surface area contributed by atoms with Crippen LogP contribution in [0.3, 0.4) is 0 Å². The molecule has 0 aliphatic carbocycles. The third-order valence-electron chi connectivity index (χ3n) is 2.00. The number of nitro benzene ring substituents is 1. The van der Waals surface area contributed by atoms with Crippen LogP contribution in [0.15, 0.2) is 18.2 Å². The Morgan fingerprint density at radius 3 is 2.62 bits per heavy atom. The smallest absolute Gasteiger partial charge is 0.310 e. The van der Waals surface area contributed by atoms with Gasteiger partial charge in [0.1, 0.15) is 6.61 Å². The minimum absolute atomic E-state index is 0.268. The quantitative estimate of drug-likeness (QED) is 0.634. The number of ether oxygens (including phenoxy) is 1. The lowest BCUT2D eigenvalue weighted by Gasteiger charge is -2.14. The van der Waals surface area contributed by atoms with Gasteiger partial charge < -0.3 is 9.84 Å². The molecule has 0 saturated carbocycles. The zero-order valence-corrected chi connectivity index (χ0v) is 8.31. The van der Waals surface area contributed by atoms with E-state index in [1.54, 1.807) is 0 Å². The van der Waals surface area contributed by atoms with Crippen molar-refractivity contribution in [2.75, 3.05) is 13.7 Å². The molecule has 0 aromatic heterocycles. The highest BCUT2D eigenvalue weighted by Crippen LogP contribution is 2.34. The molecule has 0 aliphatic rings.